The Kier molecular flexibility index (Phi) is 9.63. The Morgan fingerprint density at radius 1 is 1.10 bits per heavy atom. The van der Waals surface area contributed by atoms with Crippen LogP contribution in [0.1, 0.15) is 33.3 Å². The van der Waals surface area contributed by atoms with Crippen LogP contribution in [-0.2, 0) is 4.74 Å². The highest BCUT2D eigenvalue weighted by Gasteiger charge is 2.42. The molecule has 1 unspecified atom stereocenters. The van der Waals surface area contributed by atoms with Crippen molar-refractivity contribution in [2.45, 2.75) is 33.5 Å². The summed E-state index contributed by atoms with van der Waals surface area (Å²) in [6.07, 6.45) is 6.07. The molecule has 1 rings (SSSR count). The first kappa shape index (κ1) is 19.8. The number of halogens is 1. The fraction of sp³-hybridized carbons (Fsp3) is 0.529. The van der Waals surface area contributed by atoms with Crippen LogP contribution in [0.3, 0.4) is 0 Å². The van der Waals surface area contributed by atoms with Crippen molar-refractivity contribution >= 4 is 13.3 Å². The minimum atomic E-state index is -1.03. The predicted molar refractivity (Wildman–Crippen MR) is 89.4 cm³/mol. The second-order valence-corrected chi connectivity index (χ2v) is 9.86. The maximum Gasteiger partial charge on any atom is 0.188 e. The van der Waals surface area contributed by atoms with E-state index in [0.717, 1.165) is 0 Å². The zero-order valence-corrected chi connectivity index (χ0v) is 15.9. The van der Waals surface area contributed by atoms with E-state index in [0.29, 0.717) is 5.85 Å². The first-order valence-corrected chi connectivity index (χ1v) is 9.66. The van der Waals surface area contributed by atoms with Crippen LogP contribution in [0.5, 0.6) is 0 Å². The number of benzene rings is 1. The summed E-state index contributed by atoms with van der Waals surface area (Å²) >= 11 is 0. The van der Waals surface area contributed by atoms with Gasteiger partial charge in [0.15, 0.2) is 5.85 Å². The predicted octanol–water partition coefficient (Wildman–Crippen LogP) is 2.14. The SMILES string of the molecule is CC[P+](CC)(CC)C(OC)/C(C)=C/c1ccccc1.[Br-]. The zero-order valence-electron chi connectivity index (χ0n) is 13.4. The number of ether oxygens (including phenoxy) is 1. The summed E-state index contributed by atoms with van der Waals surface area (Å²) in [6.45, 7) is 9.19. The van der Waals surface area contributed by atoms with Gasteiger partial charge in [0.1, 0.15) is 0 Å². The van der Waals surface area contributed by atoms with Crippen LogP contribution in [0.15, 0.2) is 35.9 Å². The molecule has 0 aromatic heterocycles. The standard InChI is InChI=1S/C17H28OP.BrH/c1-6-19(7-2,8-3)17(18-5)15(4)14-16-12-10-9-11-13-16;/h9-14,17H,6-8H2,1-5H3;1H/q+1;/p-1/b15-14+;. The van der Waals surface area contributed by atoms with E-state index in [1.807, 2.05) is 7.11 Å². The average molecular weight is 359 g/mol. The molecule has 0 aliphatic carbocycles. The van der Waals surface area contributed by atoms with E-state index in [9.17, 15) is 0 Å². The third-order valence-corrected chi connectivity index (χ3v) is 9.59. The molecule has 1 aromatic rings. The largest absolute Gasteiger partial charge is 1.00 e. The molecule has 0 saturated heterocycles. The van der Waals surface area contributed by atoms with E-state index >= 15 is 0 Å². The van der Waals surface area contributed by atoms with Crippen molar-refractivity contribution in [1.29, 1.82) is 0 Å². The molecule has 1 aromatic carbocycles. The average Bonchev–Trinajstić information content (AvgIpc) is 2.45. The third kappa shape index (κ3) is 4.69. The highest BCUT2D eigenvalue weighted by atomic mass is 79.9. The highest BCUT2D eigenvalue weighted by Crippen LogP contribution is 2.64. The quantitative estimate of drug-likeness (QED) is 0.678. The summed E-state index contributed by atoms with van der Waals surface area (Å²) in [5.41, 5.74) is 2.64. The summed E-state index contributed by atoms with van der Waals surface area (Å²) in [5.74, 6) is 0.313. The van der Waals surface area contributed by atoms with Crippen LogP contribution in [0, 0.1) is 0 Å². The third-order valence-electron chi connectivity index (χ3n) is 4.19. The molecular formula is C17H28BrOP. The van der Waals surface area contributed by atoms with Crippen molar-refractivity contribution in [2.75, 3.05) is 25.6 Å². The van der Waals surface area contributed by atoms with E-state index in [4.69, 9.17) is 4.74 Å². The minimum Gasteiger partial charge on any atom is -1.00 e. The Bertz CT molecular complexity index is 390. The van der Waals surface area contributed by atoms with E-state index in [-0.39, 0.29) is 17.0 Å². The molecule has 0 N–H and O–H groups in total. The molecule has 1 nitrogen and oxygen atoms in total. The Hall–Kier alpha value is -0.170. The maximum atomic E-state index is 5.90. The molecular weight excluding hydrogens is 331 g/mol. The van der Waals surface area contributed by atoms with Crippen LogP contribution < -0.4 is 17.0 Å². The van der Waals surface area contributed by atoms with Gasteiger partial charge < -0.3 is 21.7 Å². The molecule has 114 valence electrons. The highest BCUT2D eigenvalue weighted by molar-refractivity contribution is 7.76. The van der Waals surface area contributed by atoms with Crippen molar-refractivity contribution in [2.24, 2.45) is 0 Å². The van der Waals surface area contributed by atoms with Crippen molar-refractivity contribution in [3.05, 3.63) is 41.5 Å². The molecule has 0 spiro atoms. The molecule has 0 aliphatic heterocycles. The minimum absolute atomic E-state index is 0. The van der Waals surface area contributed by atoms with E-state index in [1.165, 1.54) is 29.6 Å². The fourth-order valence-electron chi connectivity index (χ4n) is 2.89. The van der Waals surface area contributed by atoms with Crippen molar-refractivity contribution in [3.63, 3.8) is 0 Å². The van der Waals surface area contributed by atoms with Gasteiger partial charge in [0.2, 0.25) is 0 Å². The molecule has 0 bridgehead atoms. The lowest BCUT2D eigenvalue weighted by atomic mass is 10.1. The van der Waals surface area contributed by atoms with Crippen LogP contribution >= 0.6 is 7.26 Å². The van der Waals surface area contributed by atoms with Gasteiger partial charge in [-0.25, -0.2) is 0 Å². The monoisotopic (exact) mass is 358 g/mol. The van der Waals surface area contributed by atoms with Gasteiger partial charge in [0, 0.05) is 14.4 Å². The molecule has 0 fully saturated rings. The molecule has 0 saturated carbocycles. The second-order valence-electron chi connectivity index (χ2n) is 5.05. The lowest BCUT2D eigenvalue weighted by Gasteiger charge is -2.32. The smallest absolute Gasteiger partial charge is 0.188 e. The van der Waals surface area contributed by atoms with Crippen LogP contribution in [-0.4, -0.2) is 31.4 Å². The Morgan fingerprint density at radius 3 is 2.00 bits per heavy atom. The van der Waals surface area contributed by atoms with Gasteiger partial charge in [-0.05, 0) is 44.9 Å². The van der Waals surface area contributed by atoms with Crippen molar-refractivity contribution in [3.8, 4) is 0 Å². The summed E-state index contributed by atoms with van der Waals surface area (Å²) in [6, 6.07) is 10.5. The molecule has 0 heterocycles. The molecule has 0 radical (unpaired) electrons. The molecule has 0 aliphatic rings. The van der Waals surface area contributed by atoms with Crippen LogP contribution in [0.2, 0.25) is 0 Å². The molecule has 0 amide bonds. The topological polar surface area (TPSA) is 9.23 Å². The van der Waals surface area contributed by atoms with Gasteiger partial charge in [-0.15, -0.1) is 0 Å². The second kappa shape index (κ2) is 9.71. The molecule has 1 atom stereocenters. The lowest BCUT2D eigenvalue weighted by Crippen LogP contribution is -3.00. The maximum absolute atomic E-state index is 5.90. The molecule has 20 heavy (non-hydrogen) atoms. The van der Waals surface area contributed by atoms with Crippen LogP contribution in [0.4, 0.5) is 0 Å². The summed E-state index contributed by atoms with van der Waals surface area (Å²) in [4.78, 5) is 0. The first-order chi connectivity index (χ1) is 9.13. The summed E-state index contributed by atoms with van der Waals surface area (Å²) in [5, 5.41) is 0. The molecule has 3 heteroatoms. The van der Waals surface area contributed by atoms with Gasteiger partial charge in [0.05, 0.1) is 18.5 Å². The van der Waals surface area contributed by atoms with E-state index in [1.54, 1.807) is 0 Å². The summed E-state index contributed by atoms with van der Waals surface area (Å²) < 4.78 is 5.90. The first-order valence-electron chi connectivity index (χ1n) is 7.25. The Morgan fingerprint density at radius 2 is 1.60 bits per heavy atom. The lowest BCUT2D eigenvalue weighted by molar-refractivity contribution is -0.00000442. The van der Waals surface area contributed by atoms with Gasteiger partial charge in [-0.2, -0.15) is 0 Å². The number of hydrogen-bond acceptors (Lipinski definition) is 1. The number of rotatable bonds is 7. The number of methoxy groups -OCH3 is 1. The zero-order chi connectivity index (χ0) is 14.3. The van der Waals surface area contributed by atoms with E-state index in [2.05, 4.69) is 64.1 Å². The fourth-order valence-corrected chi connectivity index (χ4v) is 6.62. The Balaban J connectivity index is 0.00000361. The van der Waals surface area contributed by atoms with Gasteiger partial charge in [0.25, 0.3) is 0 Å². The van der Waals surface area contributed by atoms with E-state index < -0.39 is 7.26 Å². The van der Waals surface area contributed by atoms with Gasteiger partial charge >= 0.3 is 0 Å². The van der Waals surface area contributed by atoms with Crippen molar-refractivity contribution in [1.82, 2.24) is 0 Å². The number of hydrogen-bond donors (Lipinski definition) is 0. The Labute approximate surface area is 135 Å². The normalized spacial score (nSPS) is 13.8. The van der Waals surface area contributed by atoms with Gasteiger partial charge in [-0.1, -0.05) is 30.3 Å². The van der Waals surface area contributed by atoms with Crippen LogP contribution in [0.25, 0.3) is 6.08 Å². The van der Waals surface area contributed by atoms with Gasteiger partial charge in [-0.3, -0.25) is 0 Å². The summed E-state index contributed by atoms with van der Waals surface area (Å²) in [7, 11) is 0.831. The van der Waals surface area contributed by atoms with Crippen molar-refractivity contribution < 1.29 is 21.7 Å².